The third-order valence-corrected chi connectivity index (χ3v) is 3.85. The molecule has 2 aromatic rings. The van der Waals surface area contributed by atoms with E-state index in [4.69, 9.17) is 4.74 Å². The number of carbonyl (C=O) groups excluding carboxylic acids is 1. The second-order valence-electron chi connectivity index (χ2n) is 5.56. The van der Waals surface area contributed by atoms with E-state index in [-0.39, 0.29) is 17.7 Å². The highest BCUT2D eigenvalue weighted by Crippen LogP contribution is 2.34. The predicted molar refractivity (Wildman–Crippen MR) is 95.5 cm³/mol. The van der Waals surface area contributed by atoms with Crippen molar-refractivity contribution in [2.45, 2.75) is 13.1 Å². The smallest absolute Gasteiger partial charge is 0.421 e. The van der Waals surface area contributed by atoms with Crippen LogP contribution in [0.15, 0.2) is 24.4 Å². The number of hydrogen-bond acceptors (Lipinski definition) is 6. The van der Waals surface area contributed by atoms with E-state index in [0.29, 0.717) is 29.7 Å². The van der Waals surface area contributed by atoms with Crippen molar-refractivity contribution in [3.63, 3.8) is 0 Å². The van der Waals surface area contributed by atoms with E-state index in [2.05, 4.69) is 20.6 Å². The SMILES string of the molecule is CCN(C)C(=O)c1ccc(Nc2ncc(C(F)(F)F)c(NC)n2)c(OC)c1. The van der Waals surface area contributed by atoms with E-state index in [1.807, 2.05) is 6.92 Å². The van der Waals surface area contributed by atoms with Crippen LogP contribution >= 0.6 is 0 Å². The molecule has 10 heteroatoms. The number of nitrogens with one attached hydrogen (secondary N) is 2. The van der Waals surface area contributed by atoms with E-state index >= 15 is 0 Å². The Morgan fingerprint density at radius 2 is 2.04 bits per heavy atom. The summed E-state index contributed by atoms with van der Waals surface area (Å²) in [4.78, 5) is 21.3. The zero-order chi connectivity index (χ0) is 20.2. The Bertz CT molecular complexity index is 827. The molecule has 0 saturated carbocycles. The topological polar surface area (TPSA) is 79.4 Å². The lowest BCUT2D eigenvalue weighted by Gasteiger charge is -2.17. The summed E-state index contributed by atoms with van der Waals surface area (Å²) in [6.07, 6.45) is -3.87. The molecule has 27 heavy (non-hydrogen) atoms. The van der Waals surface area contributed by atoms with Crippen molar-refractivity contribution >= 4 is 23.4 Å². The summed E-state index contributed by atoms with van der Waals surface area (Å²) in [5.41, 5.74) is -0.132. The number of benzene rings is 1. The number of halogens is 3. The molecule has 1 aromatic heterocycles. The van der Waals surface area contributed by atoms with Gasteiger partial charge in [-0.2, -0.15) is 18.2 Å². The van der Waals surface area contributed by atoms with Gasteiger partial charge in [0.2, 0.25) is 5.95 Å². The lowest BCUT2D eigenvalue weighted by Crippen LogP contribution is -2.26. The molecule has 0 spiro atoms. The molecule has 0 atom stereocenters. The zero-order valence-electron chi connectivity index (χ0n) is 15.3. The second-order valence-corrected chi connectivity index (χ2v) is 5.56. The predicted octanol–water partition coefficient (Wildman–Crippen LogP) is 3.38. The molecular formula is C17H20F3N5O2. The first-order valence-electron chi connectivity index (χ1n) is 8.03. The molecule has 0 bridgehead atoms. The van der Waals surface area contributed by atoms with Gasteiger partial charge in [-0.25, -0.2) is 4.98 Å². The summed E-state index contributed by atoms with van der Waals surface area (Å²) in [6, 6.07) is 4.71. The van der Waals surface area contributed by atoms with E-state index in [0.717, 1.165) is 0 Å². The van der Waals surface area contributed by atoms with Crippen LogP contribution in [0.5, 0.6) is 5.75 Å². The van der Waals surface area contributed by atoms with Crippen molar-refractivity contribution in [3.05, 3.63) is 35.5 Å². The summed E-state index contributed by atoms with van der Waals surface area (Å²) >= 11 is 0. The molecule has 1 heterocycles. The third-order valence-electron chi connectivity index (χ3n) is 3.85. The first-order valence-corrected chi connectivity index (χ1v) is 8.03. The minimum atomic E-state index is -4.57. The van der Waals surface area contributed by atoms with Crippen molar-refractivity contribution in [2.75, 3.05) is 38.4 Å². The minimum absolute atomic E-state index is 0.0459. The maximum Gasteiger partial charge on any atom is 0.421 e. The van der Waals surface area contributed by atoms with Crippen LogP contribution in [0, 0.1) is 0 Å². The molecule has 0 aliphatic carbocycles. The van der Waals surface area contributed by atoms with E-state index < -0.39 is 11.7 Å². The van der Waals surface area contributed by atoms with Crippen LogP contribution in [0.4, 0.5) is 30.6 Å². The van der Waals surface area contributed by atoms with Gasteiger partial charge in [-0.15, -0.1) is 0 Å². The Balaban J connectivity index is 2.33. The zero-order valence-corrected chi connectivity index (χ0v) is 15.3. The fraction of sp³-hybridized carbons (Fsp3) is 0.353. The number of ether oxygens (including phenoxy) is 1. The molecule has 1 amide bonds. The van der Waals surface area contributed by atoms with Gasteiger partial charge in [0.25, 0.3) is 5.91 Å². The van der Waals surface area contributed by atoms with E-state index in [1.165, 1.54) is 14.2 Å². The highest BCUT2D eigenvalue weighted by atomic mass is 19.4. The molecule has 0 unspecified atom stereocenters. The van der Waals surface area contributed by atoms with Crippen LogP contribution in [0.2, 0.25) is 0 Å². The Kier molecular flexibility index (Phi) is 6.09. The molecule has 0 fully saturated rings. The molecule has 146 valence electrons. The van der Waals surface area contributed by atoms with Crippen molar-refractivity contribution in [3.8, 4) is 5.75 Å². The monoisotopic (exact) mass is 383 g/mol. The summed E-state index contributed by atoms with van der Waals surface area (Å²) in [5, 5.41) is 5.21. The highest BCUT2D eigenvalue weighted by Gasteiger charge is 2.35. The van der Waals surface area contributed by atoms with Gasteiger partial charge in [-0.05, 0) is 25.1 Å². The molecule has 2 rings (SSSR count). The molecule has 0 aliphatic rings. The number of alkyl halides is 3. The summed E-state index contributed by atoms with van der Waals surface area (Å²) in [6.45, 7) is 2.40. The van der Waals surface area contributed by atoms with Gasteiger partial charge in [-0.3, -0.25) is 4.79 Å². The van der Waals surface area contributed by atoms with Gasteiger partial charge in [0, 0.05) is 32.4 Å². The molecule has 7 nitrogen and oxygen atoms in total. The van der Waals surface area contributed by atoms with Crippen LogP contribution in [-0.4, -0.2) is 48.5 Å². The standard InChI is InChI=1S/C17H20F3N5O2/c1-5-25(3)15(26)10-6-7-12(13(8-10)27-4)23-16-22-9-11(17(18,19)20)14(21-2)24-16/h6-9H,5H2,1-4H3,(H2,21,22,23,24). The van der Waals surface area contributed by atoms with Crippen molar-refractivity contribution in [2.24, 2.45) is 0 Å². The maximum absolute atomic E-state index is 12.9. The van der Waals surface area contributed by atoms with Crippen molar-refractivity contribution < 1.29 is 22.7 Å². The average Bonchev–Trinajstić information content (AvgIpc) is 2.65. The van der Waals surface area contributed by atoms with Gasteiger partial charge in [0.05, 0.1) is 12.8 Å². The molecular weight excluding hydrogens is 363 g/mol. The number of methoxy groups -OCH3 is 1. The Labute approximate surface area is 154 Å². The van der Waals surface area contributed by atoms with Gasteiger partial charge in [0.1, 0.15) is 17.1 Å². The van der Waals surface area contributed by atoms with Gasteiger partial charge in [-0.1, -0.05) is 0 Å². The number of nitrogens with zero attached hydrogens (tertiary/aromatic N) is 3. The van der Waals surface area contributed by atoms with Gasteiger partial charge < -0.3 is 20.3 Å². The van der Waals surface area contributed by atoms with Crippen LogP contribution in [0.3, 0.4) is 0 Å². The Morgan fingerprint density at radius 1 is 1.33 bits per heavy atom. The molecule has 0 radical (unpaired) electrons. The van der Waals surface area contributed by atoms with Gasteiger partial charge in [0.15, 0.2) is 0 Å². The first-order chi connectivity index (χ1) is 12.7. The fourth-order valence-corrected chi connectivity index (χ4v) is 2.25. The number of rotatable bonds is 6. The Morgan fingerprint density at radius 3 is 2.59 bits per heavy atom. The normalized spacial score (nSPS) is 11.1. The molecule has 0 aliphatic heterocycles. The number of anilines is 3. The van der Waals surface area contributed by atoms with Crippen molar-refractivity contribution in [1.29, 1.82) is 0 Å². The fourth-order valence-electron chi connectivity index (χ4n) is 2.25. The minimum Gasteiger partial charge on any atom is -0.495 e. The quantitative estimate of drug-likeness (QED) is 0.796. The summed E-state index contributed by atoms with van der Waals surface area (Å²) in [7, 11) is 4.44. The number of amides is 1. The van der Waals surface area contributed by atoms with Crippen LogP contribution in [0.25, 0.3) is 0 Å². The lowest BCUT2D eigenvalue weighted by atomic mass is 10.1. The molecule has 1 aromatic carbocycles. The van der Waals surface area contributed by atoms with E-state index in [9.17, 15) is 18.0 Å². The third kappa shape index (κ3) is 4.57. The number of aromatic nitrogens is 2. The van der Waals surface area contributed by atoms with Crippen LogP contribution in [0.1, 0.15) is 22.8 Å². The molecule has 0 saturated heterocycles. The largest absolute Gasteiger partial charge is 0.495 e. The van der Waals surface area contributed by atoms with E-state index in [1.54, 1.807) is 30.1 Å². The number of carbonyl (C=O) groups is 1. The average molecular weight is 383 g/mol. The van der Waals surface area contributed by atoms with Crippen LogP contribution in [-0.2, 0) is 6.18 Å². The Hall–Kier alpha value is -3.04. The van der Waals surface area contributed by atoms with Crippen molar-refractivity contribution in [1.82, 2.24) is 14.9 Å². The number of hydrogen-bond donors (Lipinski definition) is 2. The maximum atomic E-state index is 12.9. The van der Waals surface area contributed by atoms with Gasteiger partial charge >= 0.3 is 6.18 Å². The summed E-state index contributed by atoms with van der Waals surface area (Å²) < 4.78 is 44.1. The lowest BCUT2D eigenvalue weighted by molar-refractivity contribution is -0.137. The second kappa shape index (κ2) is 8.11. The van der Waals surface area contributed by atoms with Crippen LogP contribution < -0.4 is 15.4 Å². The first kappa shape index (κ1) is 20.3. The molecule has 2 N–H and O–H groups in total. The summed E-state index contributed by atoms with van der Waals surface area (Å²) in [5.74, 6) is -0.240. The highest BCUT2D eigenvalue weighted by molar-refractivity contribution is 5.95.